The monoisotopic (exact) mass is 281 g/mol. The smallest absolute Gasteiger partial charge is 0.132 e. The van der Waals surface area contributed by atoms with Crippen molar-refractivity contribution in [2.24, 2.45) is 5.73 Å². The highest BCUT2D eigenvalue weighted by Crippen LogP contribution is 2.31. The predicted molar refractivity (Wildman–Crippen MR) is 75.6 cm³/mol. The van der Waals surface area contributed by atoms with Crippen molar-refractivity contribution in [2.45, 2.75) is 13.5 Å². The van der Waals surface area contributed by atoms with Crippen LogP contribution in [0.5, 0.6) is 11.5 Å². The third-order valence-electron chi connectivity index (χ3n) is 2.56. The second-order valence-electron chi connectivity index (χ2n) is 3.99. The third-order valence-corrected chi connectivity index (χ3v) is 3.30. The lowest BCUT2D eigenvalue weighted by Gasteiger charge is -2.11. The molecule has 0 atom stereocenters. The zero-order valence-corrected chi connectivity index (χ0v) is 11.4. The van der Waals surface area contributed by atoms with Crippen molar-refractivity contribution >= 4 is 23.2 Å². The van der Waals surface area contributed by atoms with Crippen LogP contribution in [0, 0.1) is 6.92 Å². The van der Waals surface area contributed by atoms with Crippen LogP contribution < -0.4 is 10.5 Å². The summed E-state index contributed by atoms with van der Waals surface area (Å²) in [5.41, 5.74) is 7.75. The number of hydrogen-bond acceptors (Lipinski definition) is 2. The molecule has 0 saturated carbocycles. The van der Waals surface area contributed by atoms with Crippen LogP contribution in [-0.4, -0.2) is 0 Å². The summed E-state index contributed by atoms with van der Waals surface area (Å²) in [6, 6.07) is 11.1. The van der Waals surface area contributed by atoms with E-state index in [4.69, 9.17) is 33.7 Å². The molecule has 0 amide bonds. The predicted octanol–water partition coefficient (Wildman–Crippen LogP) is 4.55. The van der Waals surface area contributed by atoms with Gasteiger partial charge >= 0.3 is 0 Å². The molecule has 0 aliphatic heterocycles. The van der Waals surface area contributed by atoms with Gasteiger partial charge in [0.05, 0.1) is 10.0 Å². The molecule has 2 aromatic rings. The van der Waals surface area contributed by atoms with E-state index in [9.17, 15) is 0 Å². The second kappa shape index (κ2) is 5.61. The van der Waals surface area contributed by atoms with Crippen LogP contribution in [0.25, 0.3) is 0 Å². The quantitative estimate of drug-likeness (QED) is 0.896. The zero-order valence-electron chi connectivity index (χ0n) is 9.91. The summed E-state index contributed by atoms with van der Waals surface area (Å²) in [5, 5.41) is 0.975. The molecule has 0 unspecified atom stereocenters. The standard InChI is InChI=1S/C14H13Cl2NO/c1-9-2-3-10(8-17)14(6-9)18-11-4-5-12(15)13(16)7-11/h2-7H,8,17H2,1H3. The number of benzene rings is 2. The van der Waals surface area contributed by atoms with Gasteiger partial charge in [0.15, 0.2) is 0 Å². The van der Waals surface area contributed by atoms with Crippen molar-refractivity contribution in [2.75, 3.05) is 0 Å². The van der Waals surface area contributed by atoms with Crippen LogP contribution in [0.3, 0.4) is 0 Å². The number of rotatable bonds is 3. The maximum atomic E-state index is 5.95. The Kier molecular flexibility index (Phi) is 4.12. The number of hydrogen-bond donors (Lipinski definition) is 1. The molecular weight excluding hydrogens is 269 g/mol. The molecule has 2 N–H and O–H groups in total. The van der Waals surface area contributed by atoms with Crippen molar-refractivity contribution in [1.29, 1.82) is 0 Å². The minimum absolute atomic E-state index is 0.428. The molecule has 0 heterocycles. The lowest BCUT2D eigenvalue weighted by Crippen LogP contribution is -1.99. The zero-order chi connectivity index (χ0) is 13.1. The van der Waals surface area contributed by atoms with E-state index in [2.05, 4.69) is 0 Å². The first kappa shape index (κ1) is 13.2. The van der Waals surface area contributed by atoms with Crippen molar-refractivity contribution in [3.05, 3.63) is 57.6 Å². The van der Waals surface area contributed by atoms with Crippen LogP contribution in [-0.2, 0) is 6.54 Å². The van der Waals surface area contributed by atoms with Gasteiger partial charge in [0.1, 0.15) is 11.5 Å². The summed E-state index contributed by atoms with van der Waals surface area (Å²) < 4.78 is 5.79. The van der Waals surface area contributed by atoms with E-state index >= 15 is 0 Å². The third kappa shape index (κ3) is 2.96. The molecule has 0 aliphatic rings. The normalized spacial score (nSPS) is 10.4. The van der Waals surface area contributed by atoms with E-state index in [1.165, 1.54) is 0 Å². The number of halogens is 2. The molecule has 2 rings (SSSR count). The van der Waals surface area contributed by atoms with Crippen molar-refractivity contribution in [3.8, 4) is 11.5 Å². The fourth-order valence-corrected chi connectivity index (χ4v) is 1.88. The Balaban J connectivity index is 2.33. The van der Waals surface area contributed by atoms with E-state index in [0.717, 1.165) is 16.9 Å². The first-order chi connectivity index (χ1) is 8.60. The maximum absolute atomic E-state index is 5.95. The van der Waals surface area contributed by atoms with Crippen molar-refractivity contribution in [3.63, 3.8) is 0 Å². The van der Waals surface area contributed by atoms with Gasteiger partial charge in [-0.25, -0.2) is 0 Å². The molecular formula is C14H13Cl2NO. The fourth-order valence-electron chi connectivity index (χ4n) is 1.59. The van der Waals surface area contributed by atoms with Crippen LogP contribution in [0.15, 0.2) is 36.4 Å². The van der Waals surface area contributed by atoms with Crippen molar-refractivity contribution in [1.82, 2.24) is 0 Å². The van der Waals surface area contributed by atoms with Crippen LogP contribution in [0.4, 0.5) is 0 Å². The minimum atomic E-state index is 0.428. The molecule has 2 aromatic carbocycles. The summed E-state index contributed by atoms with van der Waals surface area (Å²) in [6.07, 6.45) is 0. The number of ether oxygens (including phenoxy) is 1. The molecule has 2 nitrogen and oxygen atoms in total. The first-order valence-corrected chi connectivity index (χ1v) is 6.28. The Morgan fingerprint density at radius 3 is 2.50 bits per heavy atom. The lowest BCUT2D eigenvalue weighted by molar-refractivity contribution is 0.476. The largest absolute Gasteiger partial charge is 0.457 e. The number of nitrogens with two attached hydrogens (primary N) is 1. The topological polar surface area (TPSA) is 35.2 Å². The van der Waals surface area contributed by atoms with E-state index in [0.29, 0.717) is 22.3 Å². The summed E-state index contributed by atoms with van der Waals surface area (Å²) >= 11 is 11.8. The molecule has 4 heteroatoms. The first-order valence-electron chi connectivity index (χ1n) is 5.52. The van der Waals surface area contributed by atoms with E-state index in [-0.39, 0.29) is 0 Å². The Labute approximate surface area is 116 Å². The fraction of sp³-hybridized carbons (Fsp3) is 0.143. The average molecular weight is 282 g/mol. The van der Waals surface area contributed by atoms with Gasteiger partial charge in [-0.2, -0.15) is 0 Å². The summed E-state index contributed by atoms with van der Waals surface area (Å²) in [7, 11) is 0. The van der Waals surface area contributed by atoms with Crippen LogP contribution in [0.2, 0.25) is 10.0 Å². The number of aryl methyl sites for hydroxylation is 1. The molecule has 0 aromatic heterocycles. The molecule has 18 heavy (non-hydrogen) atoms. The van der Waals surface area contributed by atoms with Gasteiger partial charge < -0.3 is 10.5 Å². The Morgan fingerprint density at radius 2 is 1.83 bits per heavy atom. The Hall–Kier alpha value is -1.22. The highest BCUT2D eigenvalue weighted by molar-refractivity contribution is 6.42. The van der Waals surface area contributed by atoms with Gasteiger partial charge in [0, 0.05) is 18.2 Å². The second-order valence-corrected chi connectivity index (χ2v) is 4.81. The molecule has 0 fully saturated rings. The van der Waals surface area contributed by atoms with Gasteiger partial charge in [-0.15, -0.1) is 0 Å². The van der Waals surface area contributed by atoms with Crippen LogP contribution >= 0.6 is 23.2 Å². The van der Waals surface area contributed by atoms with E-state index in [1.807, 2.05) is 25.1 Å². The van der Waals surface area contributed by atoms with E-state index in [1.54, 1.807) is 18.2 Å². The highest BCUT2D eigenvalue weighted by atomic mass is 35.5. The van der Waals surface area contributed by atoms with E-state index < -0.39 is 0 Å². The van der Waals surface area contributed by atoms with Gasteiger partial charge in [0.25, 0.3) is 0 Å². The molecule has 0 aliphatic carbocycles. The molecule has 0 saturated heterocycles. The highest BCUT2D eigenvalue weighted by Gasteiger charge is 2.06. The summed E-state index contributed by atoms with van der Waals surface area (Å²) in [6.45, 7) is 2.43. The van der Waals surface area contributed by atoms with Gasteiger partial charge in [-0.05, 0) is 30.7 Å². The molecule has 0 spiro atoms. The molecule has 0 bridgehead atoms. The van der Waals surface area contributed by atoms with Crippen LogP contribution in [0.1, 0.15) is 11.1 Å². The average Bonchev–Trinajstić information content (AvgIpc) is 2.34. The molecule has 0 radical (unpaired) electrons. The Morgan fingerprint density at radius 1 is 1.06 bits per heavy atom. The van der Waals surface area contributed by atoms with Crippen molar-refractivity contribution < 1.29 is 4.74 Å². The Bertz CT molecular complexity index is 570. The maximum Gasteiger partial charge on any atom is 0.132 e. The van der Waals surface area contributed by atoms with Gasteiger partial charge in [0.2, 0.25) is 0 Å². The lowest BCUT2D eigenvalue weighted by atomic mass is 10.1. The van der Waals surface area contributed by atoms with Gasteiger partial charge in [-0.1, -0.05) is 35.3 Å². The van der Waals surface area contributed by atoms with Gasteiger partial charge in [-0.3, -0.25) is 0 Å². The molecule has 94 valence electrons. The minimum Gasteiger partial charge on any atom is -0.457 e. The summed E-state index contributed by atoms with van der Waals surface area (Å²) in [4.78, 5) is 0. The SMILES string of the molecule is Cc1ccc(CN)c(Oc2ccc(Cl)c(Cl)c2)c1. The summed E-state index contributed by atoms with van der Waals surface area (Å²) in [5.74, 6) is 1.39.